The molecular weight excluding hydrogens is 312 g/mol. The van der Waals surface area contributed by atoms with E-state index >= 15 is 0 Å². The second kappa shape index (κ2) is 7.44. The largest absolute Gasteiger partial charge is 0.312 e. The van der Waals surface area contributed by atoms with Crippen molar-refractivity contribution in [1.82, 2.24) is 20.2 Å². The molecule has 0 fully saturated rings. The first kappa shape index (κ1) is 17.3. The SMILES string of the molecule is Cc1nn(CC(C)C(=O)N/N=C/c2ccncc2)c(C)c1[N+](=O)[O-]. The number of nitrogens with zero attached hydrogens (tertiary/aromatic N) is 5. The Labute approximate surface area is 138 Å². The number of carbonyl (C=O) groups excluding carboxylic acids is 1. The van der Waals surface area contributed by atoms with Crippen molar-refractivity contribution in [2.45, 2.75) is 27.3 Å². The van der Waals surface area contributed by atoms with Crippen molar-refractivity contribution in [2.24, 2.45) is 11.0 Å². The van der Waals surface area contributed by atoms with Crippen LogP contribution in [-0.2, 0) is 11.3 Å². The zero-order valence-corrected chi connectivity index (χ0v) is 13.6. The fourth-order valence-electron chi connectivity index (χ4n) is 2.20. The van der Waals surface area contributed by atoms with Crippen LogP contribution in [0.2, 0.25) is 0 Å². The van der Waals surface area contributed by atoms with Crippen molar-refractivity contribution in [3.05, 3.63) is 51.6 Å². The minimum absolute atomic E-state index is 0.0154. The molecule has 24 heavy (non-hydrogen) atoms. The quantitative estimate of drug-likeness (QED) is 0.490. The van der Waals surface area contributed by atoms with E-state index in [1.807, 2.05) is 0 Å². The minimum Gasteiger partial charge on any atom is -0.273 e. The molecule has 0 aromatic carbocycles. The Bertz CT molecular complexity index is 769. The molecule has 0 bridgehead atoms. The van der Waals surface area contributed by atoms with Gasteiger partial charge in [0.25, 0.3) is 0 Å². The molecular formula is C15H18N6O3. The van der Waals surface area contributed by atoms with Crippen LogP contribution in [0.3, 0.4) is 0 Å². The molecule has 0 radical (unpaired) electrons. The lowest BCUT2D eigenvalue weighted by atomic mass is 10.1. The molecule has 2 aromatic heterocycles. The highest BCUT2D eigenvalue weighted by molar-refractivity contribution is 5.82. The molecule has 9 heteroatoms. The molecule has 2 aromatic rings. The summed E-state index contributed by atoms with van der Waals surface area (Å²) < 4.78 is 1.48. The Hall–Kier alpha value is -3.10. The van der Waals surface area contributed by atoms with Crippen LogP contribution in [0.15, 0.2) is 29.6 Å². The number of hydrazone groups is 1. The Morgan fingerprint density at radius 2 is 2.12 bits per heavy atom. The molecule has 0 saturated heterocycles. The smallest absolute Gasteiger partial charge is 0.273 e. The summed E-state index contributed by atoms with van der Waals surface area (Å²) in [6.45, 7) is 5.13. The number of amides is 1. The van der Waals surface area contributed by atoms with Gasteiger partial charge in [-0.1, -0.05) is 6.92 Å². The predicted molar refractivity (Wildman–Crippen MR) is 87.5 cm³/mol. The summed E-state index contributed by atoms with van der Waals surface area (Å²) >= 11 is 0. The van der Waals surface area contributed by atoms with Gasteiger partial charge in [-0.05, 0) is 31.5 Å². The molecule has 0 aliphatic rings. The third-order valence-corrected chi connectivity index (χ3v) is 3.51. The molecule has 2 heterocycles. The van der Waals surface area contributed by atoms with Crippen molar-refractivity contribution >= 4 is 17.8 Å². The maximum atomic E-state index is 12.1. The maximum absolute atomic E-state index is 12.1. The van der Waals surface area contributed by atoms with Crippen LogP contribution in [0.5, 0.6) is 0 Å². The molecule has 0 spiro atoms. The number of hydrogen-bond donors (Lipinski definition) is 1. The summed E-state index contributed by atoms with van der Waals surface area (Å²) in [6.07, 6.45) is 4.77. The Morgan fingerprint density at radius 1 is 1.46 bits per heavy atom. The third kappa shape index (κ3) is 4.00. The average Bonchev–Trinajstić information content (AvgIpc) is 2.82. The molecule has 0 saturated carbocycles. The zero-order valence-electron chi connectivity index (χ0n) is 13.6. The van der Waals surface area contributed by atoms with E-state index in [1.54, 1.807) is 45.3 Å². The molecule has 0 aliphatic carbocycles. The number of hydrogen-bond acceptors (Lipinski definition) is 6. The topological polar surface area (TPSA) is 115 Å². The summed E-state index contributed by atoms with van der Waals surface area (Å²) in [5, 5.41) is 19.0. The summed E-state index contributed by atoms with van der Waals surface area (Å²) in [7, 11) is 0. The van der Waals surface area contributed by atoms with Gasteiger partial charge in [-0.2, -0.15) is 10.2 Å². The van der Waals surface area contributed by atoms with Crippen molar-refractivity contribution < 1.29 is 9.72 Å². The number of rotatable bonds is 6. The van der Waals surface area contributed by atoms with Crippen LogP contribution in [-0.4, -0.2) is 31.8 Å². The van der Waals surface area contributed by atoms with E-state index in [0.717, 1.165) is 5.56 Å². The van der Waals surface area contributed by atoms with Crippen LogP contribution < -0.4 is 5.43 Å². The standard InChI is InChI=1S/C15H18N6O3/c1-10(9-20-12(3)14(21(23)24)11(2)19-20)15(22)18-17-8-13-4-6-16-7-5-13/h4-8,10H,9H2,1-3H3,(H,18,22)/b17-8+. The molecule has 126 valence electrons. The number of nitro groups is 1. The summed E-state index contributed by atoms with van der Waals surface area (Å²) in [5.74, 6) is -0.743. The normalized spacial score (nSPS) is 12.3. The Kier molecular flexibility index (Phi) is 5.35. The first-order valence-electron chi connectivity index (χ1n) is 7.31. The number of aryl methyl sites for hydroxylation is 1. The second-order valence-electron chi connectivity index (χ2n) is 5.37. The lowest BCUT2D eigenvalue weighted by Crippen LogP contribution is -2.28. The van der Waals surface area contributed by atoms with Gasteiger partial charge in [-0.25, -0.2) is 5.43 Å². The highest BCUT2D eigenvalue weighted by atomic mass is 16.6. The van der Waals surface area contributed by atoms with Gasteiger partial charge in [0.15, 0.2) is 0 Å². The molecule has 1 atom stereocenters. The van der Waals surface area contributed by atoms with E-state index in [4.69, 9.17) is 0 Å². The number of pyridine rings is 1. The van der Waals surface area contributed by atoms with Crippen LogP contribution >= 0.6 is 0 Å². The van der Waals surface area contributed by atoms with Crippen LogP contribution in [0.1, 0.15) is 23.9 Å². The molecule has 1 unspecified atom stereocenters. The van der Waals surface area contributed by atoms with Gasteiger partial charge in [0.2, 0.25) is 5.91 Å². The van der Waals surface area contributed by atoms with Crippen molar-refractivity contribution in [1.29, 1.82) is 0 Å². The Morgan fingerprint density at radius 3 is 2.71 bits per heavy atom. The molecule has 0 aliphatic heterocycles. The van der Waals surface area contributed by atoms with E-state index in [-0.39, 0.29) is 18.1 Å². The highest BCUT2D eigenvalue weighted by Gasteiger charge is 2.23. The second-order valence-corrected chi connectivity index (χ2v) is 5.37. The van der Waals surface area contributed by atoms with E-state index in [1.165, 1.54) is 10.9 Å². The molecule has 1 N–H and O–H groups in total. The van der Waals surface area contributed by atoms with E-state index in [2.05, 4.69) is 20.6 Å². The third-order valence-electron chi connectivity index (χ3n) is 3.51. The first-order valence-corrected chi connectivity index (χ1v) is 7.31. The summed E-state index contributed by atoms with van der Waals surface area (Å²) in [6, 6.07) is 3.52. The lowest BCUT2D eigenvalue weighted by Gasteiger charge is -2.10. The van der Waals surface area contributed by atoms with E-state index < -0.39 is 10.8 Å². The van der Waals surface area contributed by atoms with Crippen LogP contribution in [0.25, 0.3) is 0 Å². The maximum Gasteiger partial charge on any atom is 0.312 e. The Balaban J connectivity index is 1.98. The summed E-state index contributed by atoms with van der Waals surface area (Å²) in [4.78, 5) is 26.5. The van der Waals surface area contributed by atoms with Crippen LogP contribution in [0, 0.1) is 29.9 Å². The van der Waals surface area contributed by atoms with Crippen LogP contribution in [0.4, 0.5) is 5.69 Å². The van der Waals surface area contributed by atoms with Gasteiger partial charge < -0.3 is 0 Å². The fourth-order valence-corrected chi connectivity index (χ4v) is 2.20. The first-order chi connectivity index (χ1) is 11.4. The zero-order chi connectivity index (χ0) is 17.7. The van der Waals surface area contributed by atoms with E-state index in [0.29, 0.717) is 11.4 Å². The van der Waals surface area contributed by atoms with Gasteiger partial charge in [-0.15, -0.1) is 0 Å². The fraction of sp³-hybridized carbons (Fsp3) is 0.333. The molecule has 1 amide bonds. The predicted octanol–water partition coefficient (Wildman–Crippen LogP) is 1.59. The van der Waals surface area contributed by atoms with Crippen molar-refractivity contribution in [3.63, 3.8) is 0 Å². The summed E-state index contributed by atoms with van der Waals surface area (Å²) in [5.41, 5.74) is 4.01. The van der Waals surface area contributed by atoms with E-state index in [9.17, 15) is 14.9 Å². The van der Waals surface area contributed by atoms with Crippen molar-refractivity contribution in [3.8, 4) is 0 Å². The van der Waals surface area contributed by atoms with Crippen molar-refractivity contribution in [2.75, 3.05) is 0 Å². The molecule has 9 nitrogen and oxygen atoms in total. The number of aromatic nitrogens is 3. The van der Waals surface area contributed by atoms with Gasteiger partial charge in [0, 0.05) is 12.4 Å². The lowest BCUT2D eigenvalue weighted by molar-refractivity contribution is -0.386. The highest BCUT2D eigenvalue weighted by Crippen LogP contribution is 2.22. The number of nitrogens with one attached hydrogen (secondary N) is 1. The number of carbonyl (C=O) groups is 1. The van der Waals surface area contributed by atoms with Gasteiger partial charge in [0.1, 0.15) is 11.4 Å². The average molecular weight is 330 g/mol. The minimum atomic E-state index is -0.460. The van der Waals surface area contributed by atoms with Gasteiger partial charge >= 0.3 is 5.69 Å². The monoisotopic (exact) mass is 330 g/mol. The molecule has 2 rings (SSSR count). The van der Waals surface area contributed by atoms with Gasteiger partial charge in [-0.3, -0.25) is 24.6 Å². The van der Waals surface area contributed by atoms with Gasteiger partial charge in [0.05, 0.1) is 23.6 Å².